The fourth-order valence-corrected chi connectivity index (χ4v) is 5.80. The average Bonchev–Trinajstić information content (AvgIpc) is 3.51. The number of nitrogens with zero attached hydrogens (tertiary/aromatic N) is 2. The summed E-state index contributed by atoms with van der Waals surface area (Å²) in [4.78, 5) is 5.17. The fourth-order valence-electron chi connectivity index (χ4n) is 4.68. The topological polar surface area (TPSA) is 73.4 Å². The van der Waals surface area contributed by atoms with Gasteiger partial charge in [0.15, 0.2) is 0 Å². The summed E-state index contributed by atoms with van der Waals surface area (Å²) in [6, 6.07) is 6.62. The van der Waals surface area contributed by atoms with Crippen molar-refractivity contribution >= 4 is 17.4 Å². The smallest absolute Gasteiger partial charge is 0.121 e. The highest BCUT2D eigenvalue weighted by Gasteiger charge is 2.29. The number of hydrogen-bond acceptors (Lipinski definition) is 6. The van der Waals surface area contributed by atoms with E-state index in [1.165, 1.54) is 21.1 Å². The molecule has 1 unspecified atom stereocenters. The second-order valence-corrected chi connectivity index (χ2v) is 10.7. The highest BCUT2D eigenvalue weighted by Crippen LogP contribution is 2.43. The van der Waals surface area contributed by atoms with Crippen LogP contribution in [0.15, 0.2) is 59.4 Å². The lowest BCUT2D eigenvalue weighted by molar-refractivity contribution is 0.0800. The summed E-state index contributed by atoms with van der Waals surface area (Å²) in [7, 11) is 0. The molecular formula is C30H44N4O2S. The van der Waals surface area contributed by atoms with Crippen LogP contribution in [0.4, 0.5) is 5.69 Å². The van der Waals surface area contributed by atoms with Gasteiger partial charge >= 0.3 is 0 Å². The molecule has 2 aromatic rings. The molecule has 0 radical (unpaired) electrons. The zero-order valence-electron chi connectivity index (χ0n) is 22.8. The summed E-state index contributed by atoms with van der Waals surface area (Å²) < 4.78 is 6.04. The number of aromatic nitrogens is 2. The van der Waals surface area contributed by atoms with Crippen molar-refractivity contribution in [3.63, 3.8) is 0 Å². The van der Waals surface area contributed by atoms with E-state index >= 15 is 0 Å². The van der Waals surface area contributed by atoms with Crippen LogP contribution in [0.5, 0.6) is 5.75 Å². The Morgan fingerprint density at radius 2 is 1.95 bits per heavy atom. The van der Waals surface area contributed by atoms with E-state index in [9.17, 15) is 5.11 Å². The van der Waals surface area contributed by atoms with E-state index in [-0.39, 0.29) is 12.1 Å². The molecule has 0 amide bonds. The Bertz CT molecular complexity index is 1030. The van der Waals surface area contributed by atoms with E-state index in [2.05, 4.69) is 64.8 Å². The van der Waals surface area contributed by atoms with Crippen LogP contribution in [0.1, 0.15) is 69.4 Å². The van der Waals surface area contributed by atoms with Crippen LogP contribution >= 0.6 is 11.8 Å². The lowest BCUT2D eigenvalue weighted by atomic mass is 10.1. The maximum Gasteiger partial charge on any atom is 0.121 e. The predicted molar refractivity (Wildman–Crippen MR) is 157 cm³/mol. The van der Waals surface area contributed by atoms with Crippen molar-refractivity contribution in [2.75, 3.05) is 31.6 Å². The zero-order valence-corrected chi connectivity index (χ0v) is 23.6. The number of thioether (sulfide) groups is 1. The van der Waals surface area contributed by atoms with E-state index in [4.69, 9.17) is 4.74 Å². The minimum absolute atomic E-state index is 0.106. The van der Waals surface area contributed by atoms with E-state index in [1.54, 1.807) is 12.2 Å². The lowest BCUT2D eigenvalue weighted by Crippen LogP contribution is -2.36. The number of ether oxygens (including phenoxy) is 1. The number of likely N-dealkylation sites (tertiary alicyclic amines) is 1. The van der Waals surface area contributed by atoms with Crippen molar-refractivity contribution < 1.29 is 9.84 Å². The van der Waals surface area contributed by atoms with Gasteiger partial charge in [0, 0.05) is 44.2 Å². The standard InChI is InChI=1S/C24H32N4O2S.2C3H6/c1-2-19-6-7-20-24(31-19)23(27-26-20)22-14-16-4-5-18(15-21(16)25-22)30-13-3-10-28-11-8-17(29)9-12-28;2*1-3-2/h4-6,15,17,22,25,29H,2-3,7-14H2,1H3,(H,26,27);2*3H,1H2,2H3. The van der Waals surface area contributed by atoms with Crippen molar-refractivity contribution in [1.29, 1.82) is 0 Å². The molecular weight excluding hydrogens is 480 g/mol. The monoisotopic (exact) mass is 524 g/mol. The van der Waals surface area contributed by atoms with Gasteiger partial charge in [0.05, 0.1) is 35.0 Å². The number of anilines is 1. The van der Waals surface area contributed by atoms with Gasteiger partial charge in [-0.05, 0) is 56.1 Å². The molecule has 5 rings (SSSR count). The molecule has 3 aliphatic rings. The molecule has 1 aromatic heterocycles. The molecule has 1 aromatic carbocycles. The molecule has 3 aliphatic heterocycles. The summed E-state index contributed by atoms with van der Waals surface area (Å²) in [5.41, 5.74) is 4.87. The molecule has 4 heterocycles. The maximum absolute atomic E-state index is 9.62. The Kier molecular flexibility index (Phi) is 11.8. The predicted octanol–water partition coefficient (Wildman–Crippen LogP) is 6.67. The largest absolute Gasteiger partial charge is 0.493 e. The van der Waals surface area contributed by atoms with Crippen LogP contribution in [-0.2, 0) is 12.8 Å². The van der Waals surface area contributed by atoms with Gasteiger partial charge < -0.3 is 20.1 Å². The lowest BCUT2D eigenvalue weighted by Gasteiger charge is -2.29. The Hall–Kier alpha value is -2.48. The molecule has 0 aliphatic carbocycles. The van der Waals surface area contributed by atoms with Crippen LogP contribution in [0.2, 0.25) is 0 Å². The Balaban J connectivity index is 0.000000580. The number of benzene rings is 1. The van der Waals surface area contributed by atoms with Crippen LogP contribution in [-0.4, -0.2) is 52.5 Å². The molecule has 202 valence electrons. The van der Waals surface area contributed by atoms with Crippen LogP contribution in [0.3, 0.4) is 0 Å². The van der Waals surface area contributed by atoms with Gasteiger partial charge in [-0.25, -0.2) is 0 Å². The summed E-state index contributed by atoms with van der Waals surface area (Å²) in [5, 5.41) is 21.2. The third kappa shape index (κ3) is 8.25. The second kappa shape index (κ2) is 15.1. The molecule has 0 saturated carbocycles. The number of aliphatic hydroxyl groups excluding tert-OH is 1. The van der Waals surface area contributed by atoms with Gasteiger partial charge in [-0.2, -0.15) is 5.10 Å². The van der Waals surface area contributed by atoms with E-state index < -0.39 is 0 Å². The maximum atomic E-state index is 9.62. The number of nitrogens with one attached hydrogen (secondary N) is 2. The first-order valence-electron chi connectivity index (χ1n) is 13.5. The normalized spacial score (nSPS) is 18.6. The highest BCUT2D eigenvalue weighted by molar-refractivity contribution is 8.03. The molecule has 1 saturated heterocycles. The van der Waals surface area contributed by atoms with Gasteiger partial charge in [-0.15, -0.1) is 13.2 Å². The molecule has 6 nitrogen and oxygen atoms in total. The first-order chi connectivity index (χ1) is 18.0. The Labute approximate surface area is 227 Å². The van der Waals surface area contributed by atoms with Gasteiger partial charge in [-0.1, -0.05) is 43.0 Å². The minimum atomic E-state index is -0.106. The molecule has 3 N–H and O–H groups in total. The SMILES string of the molecule is C=CC.C=CC.CCC1=CCc2[nH]nc(C3Cc4ccc(OCCCN5CCC(O)CC5)cc4N3)c2S1. The molecule has 7 heteroatoms. The number of aromatic amines is 1. The van der Waals surface area contributed by atoms with Crippen LogP contribution in [0, 0.1) is 0 Å². The van der Waals surface area contributed by atoms with Crippen molar-refractivity contribution in [3.8, 4) is 5.75 Å². The van der Waals surface area contributed by atoms with Gasteiger partial charge in [0.1, 0.15) is 5.75 Å². The molecule has 37 heavy (non-hydrogen) atoms. The molecule has 1 fully saturated rings. The Morgan fingerprint density at radius 1 is 1.22 bits per heavy atom. The summed E-state index contributed by atoms with van der Waals surface area (Å²) >= 11 is 1.87. The number of aliphatic hydroxyl groups is 1. The number of rotatable bonds is 7. The van der Waals surface area contributed by atoms with Crippen molar-refractivity contribution in [2.24, 2.45) is 0 Å². The number of H-pyrrole nitrogens is 1. The summed E-state index contributed by atoms with van der Waals surface area (Å²) in [6.45, 7) is 16.5. The van der Waals surface area contributed by atoms with Crippen molar-refractivity contribution in [1.82, 2.24) is 15.1 Å². The number of piperidine rings is 1. The Morgan fingerprint density at radius 3 is 2.65 bits per heavy atom. The number of fused-ring (bicyclic) bond motifs is 2. The van der Waals surface area contributed by atoms with E-state index in [1.807, 2.05) is 25.6 Å². The van der Waals surface area contributed by atoms with Gasteiger partial charge in [-0.3, -0.25) is 5.10 Å². The summed E-state index contributed by atoms with van der Waals surface area (Å²) in [6.07, 6.45) is 11.5. The third-order valence-electron chi connectivity index (χ3n) is 6.54. The third-order valence-corrected chi connectivity index (χ3v) is 7.92. The molecule has 0 bridgehead atoms. The minimum Gasteiger partial charge on any atom is -0.493 e. The van der Waals surface area contributed by atoms with E-state index in [0.29, 0.717) is 0 Å². The van der Waals surface area contributed by atoms with Gasteiger partial charge in [0.25, 0.3) is 0 Å². The van der Waals surface area contributed by atoms with E-state index in [0.717, 1.165) is 81.9 Å². The fraction of sp³-hybridized carbons (Fsp3) is 0.500. The quantitative estimate of drug-likeness (QED) is 0.277. The summed E-state index contributed by atoms with van der Waals surface area (Å²) in [5.74, 6) is 0.926. The number of allylic oxidation sites excluding steroid dienone is 4. The molecule has 0 spiro atoms. The van der Waals surface area contributed by atoms with Crippen LogP contribution in [0.25, 0.3) is 0 Å². The van der Waals surface area contributed by atoms with Crippen molar-refractivity contribution in [2.45, 2.75) is 76.3 Å². The first-order valence-corrected chi connectivity index (χ1v) is 14.3. The van der Waals surface area contributed by atoms with Crippen molar-refractivity contribution in [3.05, 3.63) is 71.4 Å². The van der Waals surface area contributed by atoms with Gasteiger partial charge in [0.2, 0.25) is 0 Å². The number of hydrogen-bond donors (Lipinski definition) is 3. The molecule has 1 atom stereocenters. The van der Waals surface area contributed by atoms with Crippen LogP contribution < -0.4 is 10.1 Å². The highest BCUT2D eigenvalue weighted by atomic mass is 32.2. The first kappa shape index (κ1) is 29.1. The average molecular weight is 525 g/mol. The second-order valence-electron chi connectivity index (χ2n) is 9.56. The zero-order chi connectivity index (χ0) is 26.6.